The average Bonchev–Trinajstić information content (AvgIpc) is 3.42. The van der Waals surface area contributed by atoms with Gasteiger partial charge in [0.25, 0.3) is 0 Å². The Labute approximate surface area is 179 Å². The predicted octanol–water partition coefficient (Wildman–Crippen LogP) is 2.17. The monoisotopic (exact) mass is 410 g/mol. The Morgan fingerprint density at radius 3 is 2.67 bits per heavy atom. The number of rotatable bonds is 5. The van der Waals surface area contributed by atoms with Crippen molar-refractivity contribution < 1.29 is 4.74 Å². The number of likely N-dealkylation sites (tertiary alicyclic amines) is 1. The maximum Gasteiger partial charge on any atom is 0.193 e. The highest BCUT2D eigenvalue weighted by molar-refractivity contribution is 5.80. The van der Waals surface area contributed by atoms with Crippen molar-refractivity contribution in [1.29, 1.82) is 0 Å². The molecule has 0 aliphatic carbocycles. The molecule has 2 atom stereocenters. The van der Waals surface area contributed by atoms with E-state index in [-0.39, 0.29) is 0 Å². The Kier molecular flexibility index (Phi) is 6.69. The van der Waals surface area contributed by atoms with Crippen LogP contribution in [0.25, 0.3) is 0 Å². The fourth-order valence-electron chi connectivity index (χ4n) is 4.53. The lowest BCUT2D eigenvalue weighted by Gasteiger charge is -2.35. The Bertz CT molecular complexity index is 840. The van der Waals surface area contributed by atoms with Crippen LogP contribution >= 0.6 is 0 Å². The Balaban J connectivity index is 1.42. The van der Waals surface area contributed by atoms with Crippen molar-refractivity contribution in [2.24, 2.45) is 12.0 Å². The molecule has 2 aliphatic heterocycles. The average molecular weight is 411 g/mol. The molecular formula is C23H34N6O. The Morgan fingerprint density at radius 2 is 2.00 bits per heavy atom. The van der Waals surface area contributed by atoms with Gasteiger partial charge in [-0.3, -0.25) is 14.6 Å². The first kappa shape index (κ1) is 20.9. The van der Waals surface area contributed by atoms with E-state index < -0.39 is 0 Å². The molecule has 2 aromatic rings. The summed E-state index contributed by atoms with van der Waals surface area (Å²) in [6.45, 7) is 8.51. The molecule has 4 rings (SSSR count). The van der Waals surface area contributed by atoms with Crippen molar-refractivity contribution in [3.05, 3.63) is 53.3 Å². The summed E-state index contributed by atoms with van der Waals surface area (Å²) in [5.41, 5.74) is 3.96. The summed E-state index contributed by atoms with van der Waals surface area (Å²) in [6, 6.07) is 9.23. The second kappa shape index (κ2) is 9.62. The van der Waals surface area contributed by atoms with E-state index in [1.165, 1.54) is 16.7 Å². The number of ether oxygens (including phenoxy) is 1. The SMILES string of the molecule is CN=C(NCC(c1ccc(C)cc1)N1CCOCC1)N1CCC(c2cnn(C)c2)C1. The largest absolute Gasteiger partial charge is 0.379 e. The Hall–Kier alpha value is -2.38. The maximum atomic E-state index is 5.59. The van der Waals surface area contributed by atoms with Gasteiger partial charge in [0.2, 0.25) is 0 Å². The molecule has 0 saturated carbocycles. The number of aliphatic imine (C=N–C) groups is 1. The molecule has 0 spiro atoms. The minimum atomic E-state index is 0.308. The number of aromatic nitrogens is 2. The van der Waals surface area contributed by atoms with Gasteiger partial charge in [0.1, 0.15) is 0 Å². The van der Waals surface area contributed by atoms with Gasteiger partial charge in [-0.15, -0.1) is 0 Å². The first-order valence-corrected chi connectivity index (χ1v) is 11.0. The quantitative estimate of drug-likeness (QED) is 0.605. The van der Waals surface area contributed by atoms with Crippen molar-refractivity contribution in [2.75, 3.05) is 53.0 Å². The zero-order valence-electron chi connectivity index (χ0n) is 18.4. The molecule has 2 saturated heterocycles. The molecule has 1 aromatic heterocycles. The van der Waals surface area contributed by atoms with Gasteiger partial charge in [-0.1, -0.05) is 29.8 Å². The van der Waals surface area contributed by atoms with E-state index >= 15 is 0 Å². The molecule has 7 heteroatoms. The summed E-state index contributed by atoms with van der Waals surface area (Å²) in [7, 11) is 3.86. The van der Waals surface area contributed by atoms with E-state index in [4.69, 9.17) is 4.74 Å². The minimum Gasteiger partial charge on any atom is -0.379 e. The molecular weight excluding hydrogens is 376 g/mol. The standard InChI is InChI=1S/C23H34N6O/c1-18-4-6-19(7-5-18)22(28-10-12-30-13-11-28)15-25-23(24-2)29-9-8-20(17-29)21-14-26-27(3)16-21/h4-7,14,16,20,22H,8-13,15,17H2,1-3H3,(H,24,25). The highest BCUT2D eigenvalue weighted by Crippen LogP contribution is 2.27. The van der Waals surface area contributed by atoms with Gasteiger partial charge < -0.3 is 15.0 Å². The lowest BCUT2D eigenvalue weighted by molar-refractivity contribution is 0.0169. The fraction of sp³-hybridized carbons (Fsp3) is 0.565. The first-order valence-electron chi connectivity index (χ1n) is 11.0. The number of guanidine groups is 1. The zero-order chi connectivity index (χ0) is 20.9. The van der Waals surface area contributed by atoms with Crippen molar-refractivity contribution >= 4 is 5.96 Å². The lowest BCUT2D eigenvalue weighted by Crippen LogP contribution is -2.47. The van der Waals surface area contributed by atoms with Gasteiger partial charge in [-0.2, -0.15) is 5.10 Å². The van der Waals surface area contributed by atoms with Crippen molar-refractivity contribution in [2.45, 2.75) is 25.3 Å². The van der Waals surface area contributed by atoms with Gasteiger partial charge in [-0.25, -0.2) is 0 Å². The molecule has 0 amide bonds. The van der Waals surface area contributed by atoms with Crippen LogP contribution in [0.5, 0.6) is 0 Å². The van der Waals surface area contributed by atoms with Crippen LogP contribution in [0.1, 0.15) is 35.1 Å². The molecule has 3 heterocycles. The number of benzene rings is 1. The second-order valence-electron chi connectivity index (χ2n) is 8.38. The Morgan fingerprint density at radius 1 is 1.23 bits per heavy atom. The molecule has 1 aromatic carbocycles. The predicted molar refractivity (Wildman–Crippen MR) is 120 cm³/mol. The van der Waals surface area contributed by atoms with Gasteiger partial charge >= 0.3 is 0 Å². The molecule has 2 aliphatic rings. The van der Waals surface area contributed by atoms with Crippen molar-refractivity contribution in [3.8, 4) is 0 Å². The second-order valence-corrected chi connectivity index (χ2v) is 8.38. The van der Waals surface area contributed by atoms with Gasteiger partial charge in [0, 0.05) is 58.9 Å². The summed E-state index contributed by atoms with van der Waals surface area (Å²) < 4.78 is 7.48. The number of hydrogen-bond acceptors (Lipinski definition) is 4. The van der Waals surface area contributed by atoms with Gasteiger partial charge in [0.05, 0.1) is 25.5 Å². The zero-order valence-corrected chi connectivity index (χ0v) is 18.4. The first-order chi connectivity index (χ1) is 14.6. The molecule has 0 bridgehead atoms. The third-order valence-corrected chi connectivity index (χ3v) is 6.30. The van der Waals surface area contributed by atoms with E-state index in [0.29, 0.717) is 12.0 Å². The van der Waals surface area contributed by atoms with Crippen LogP contribution in [-0.4, -0.2) is 78.5 Å². The molecule has 2 unspecified atom stereocenters. The van der Waals surface area contributed by atoms with Crippen LogP contribution in [0.4, 0.5) is 0 Å². The van der Waals surface area contributed by atoms with Crippen molar-refractivity contribution in [1.82, 2.24) is 24.9 Å². The summed E-state index contributed by atoms with van der Waals surface area (Å²) >= 11 is 0. The summed E-state index contributed by atoms with van der Waals surface area (Å²) in [4.78, 5) is 9.50. The normalized spacial score (nSPS) is 21.8. The number of nitrogens with one attached hydrogen (secondary N) is 1. The van der Waals surface area contributed by atoms with Crippen LogP contribution in [-0.2, 0) is 11.8 Å². The van der Waals surface area contributed by atoms with Crippen LogP contribution in [0.3, 0.4) is 0 Å². The maximum absolute atomic E-state index is 5.59. The number of nitrogens with zero attached hydrogens (tertiary/aromatic N) is 5. The summed E-state index contributed by atoms with van der Waals surface area (Å²) in [5.74, 6) is 1.51. The smallest absolute Gasteiger partial charge is 0.193 e. The fourth-order valence-corrected chi connectivity index (χ4v) is 4.53. The van der Waals surface area contributed by atoms with E-state index in [9.17, 15) is 0 Å². The molecule has 2 fully saturated rings. The number of morpholine rings is 1. The molecule has 0 radical (unpaired) electrons. The third-order valence-electron chi connectivity index (χ3n) is 6.30. The third kappa shape index (κ3) is 4.84. The highest BCUT2D eigenvalue weighted by Gasteiger charge is 2.28. The molecule has 30 heavy (non-hydrogen) atoms. The number of aryl methyl sites for hydroxylation is 2. The van der Waals surface area contributed by atoms with E-state index in [2.05, 4.69) is 62.6 Å². The van der Waals surface area contributed by atoms with E-state index in [1.54, 1.807) is 0 Å². The number of hydrogen-bond donors (Lipinski definition) is 1. The molecule has 1 N–H and O–H groups in total. The molecule has 162 valence electrons. The van der Waals surface area contributed by atoms with Crippen LogP contribution in [0.15, 0.2) is 41.7 Å². The van der Waals surface area contributed by atoms with Crippen LogP contribution in [0, 0.1) is 6.92 Å². The lowest BCUT2D eigenvalue weighted by atomic mass is 10.0. The minimum absolute atomic E-state index is 0.308. The molecule has 7 nitrogen and oxygen atoms in total. The van der Waals surface area contributed by atoms with Gasteiger partial charge in [-0.05, 0) is 24.5 Å². The highest BCUT2D eigenvalue weighted by atomic mass is 16.5. The van der Waals surface area contributed by atoms with Crippen LogP contribution < -0.4 is 5.32 Å². The van der Waals surface area contributed by atoms with Crippen molar-refractivity contribution in [3.63, 3.8) is 0 Å². The summed E-state index contributed by atoms with van der Waals surface area (Å²) in [5, 5.41) is 8.01. The summed E-state index contributed by atoms with van der Waals surface area (Å²) in [6.07, 6.45) is 5.27. The van der Waals surface area contributed by atoms with Gasteiger partial charge in [0.15, 0.2) is 5.96 Å². The van der Waals surface area contributed by atoms with Crippen LogP contribution in [0.2, 0.25) is 0 Å². The topological polar surface area (TPSA) is 57.9 Å². The van der Waals surface area contributed by atoms with E-state index in [0.717, 1.165) is 58.3 Å². The van der Waals surface area contributed by atoms with E-state index in [1.807, 2.05) is 25.0 Å².